The summed E-state index contributed by atoms with van der Waals surface area (Å²) < 4.78 is 1.37. The van der Waals surface area contributed by atoms with Crippen molar-refractivity contribution in [1.82, 2.24) is 14.9 Å². The van der Waals surface area contributed by atoms with E-state index in [9.17, 15) is 9.59 Å². The van der Waals surface area contributed by atoms with E-state index in [1.54, 1.807) is 48.9 Å². The number of carbonyl (C=O) groups excluding carboxylic acids is 1. The Balaban J connectivity index is 1.75. The maximum atomic E-state index is 12.4. The average Bonchev–Trinajstić information content (AvgIpc) is 2.60. The summed E-state index contributed by atoms with van der Waals surface area (Å²) in [5.41, 5.74) is 0.608. The zero-order valence-corrected chi connectivity index (χ0v) is 14.9. The van der Waals surface area contributed by atoms with Gasteiger partial charge in [-0.25, -0.2) is 0 Å². The molecule has 3 aromatic rings. The number of hydrogen-bond donors (Lipinski definition) is 1. The number of carbonyl (C=O) groups is 1. The lowest BCUT2D eigenvalue weighted by Gasteiger charge is -2.16. The third-order valence-electron chi connectivity index (χ3n) is 3.91. The Labute approximate surface area is 154 Å². The summed E-state index contributed by atoms with van der Waals surface area (Å²) in [4.78, 5) is 28.7. The summed E-state index contributed by atoms with van der Waals surface area (Å²) >= 11 is 11.9. The molecule has 25 heavy (non-hydrogen) atoms. The largest absolute Gasteiger partial charge is 0.348 e. The van der Waals surface area contributed by atoms with Gasteiger partial charge in [0.05, 0.1) is 21.5 Å². The van der Waals surface area contributed by atoms with Crippen molar-refractivity contribution in [2.45, 2.75) is 19.5 Å². The first kappa shape index (κ1) is 17.5. The van der Waals surface area contributed by atoms with E-state index in [0.29, 0.717) is 15.4 Å². The van der Waals surface area contributed by atoms with E-state index in [2.05, 4.69) is 10.3 Å². The fourth-order valence-electron chi connectivity index (χ4n) is 2.56. The number of amides is 1. The third kappa shape index (κ3) is 3.83. The van der Waals surface area contributed by atoms with Gasteiger partial charge in [0.2, 0.25) is 5.91 Å². The van der Waals surface area contributed by atoms with Crippen LogP contribution in [0.4, 0.5) is 0 Å². The first-order chi connectivity index (χ1) is 12.0. The van der Waals surface area contributed by atoms with Crippen LogP contribution >= 0.6 is 23.2 Å². The first-order valence-corrected chi connectivity index (χ1v) is 8.39. The molecule has 1 atom stereocenters. The van der Waals surface area contributed by atoms with Gasteiger partial charge < -0.3 is 9.88 Å². The van der Waals surface area contributed by atoms with Crippen molar-refractivity contribution >= 4 is 39.9 Å². The molecule has 3 rings (SSSR count). The molecule has 0 bridgehead atoms. The van der Waals surface area contributed by atoms with Crippen LogP contribution < -0.4 is 10.9 Å². The number of halogens is 2. The number of nitrogens with one attached hydrogen (secondary N) is 1. The van der Waals surface area contributed by atoms with Crippen molar-refractivity contribution in [2.24, 2.45) is 0 Å². The lowest BCUT2D eigenvalue weighted by Crippen LogP contribution is -2.33. The zero-order chi connectivity index (χ0) is 18.0. The van der Waals surface area contributed by atoms with Crippen LogP contribution in [0.25, 0.3) is 10.8 Å². The van der Waals surface area contributed by atoms with Crippen LogP contribution in [0.15, 0.2) is 53.7 Å². The third-order valence-corrected chi connectivity index (χ3v) is 4.65. The summed E-state index contributed by atoms with van der Waals surface area (Å²) in [6.45, 7) is 1.77. The molecule has 0 spiro atoms. The molecule has 0 saturated carbocycles. The van der Waals surface area contributed by atoms with Crippen LogP contribution in [0.3, 0.4) is 0 Å². The molecule has 7 heteroatoms. The van der Waals surface area contributed by atoms with Gasteiger partial charge in [0.25, 0.3) is 5.56 Å². The molecule has 2 heterocycles. The fraction of sp³-hybridized carbons (Fsp3) is 0.167. The summed E-state index contributed by atoms with van der Waals surface area (Å²) in [7, 11) is 0. The highest BCUT2D eigenvalue weighted by atomic mass is 35.5. The minimum Gasteiger partial charge on any atom is -0.348 e. The molecular formula is C18H15Cl2N3O2. The molecule has 0 unspecified atom stereocenters. The van der Waals surface area contributed by atoms with E-state index < -0.39 is 0 Å². The van der Waals surface area contributed by atoms with Crippen molar-refractivity contribution in [3.63, 3.8) is 0 Å². The van der Waals surface area contributed by atoms with Crippen molar-refractivity contribution in [3.05, 3.63) is 74.9 Å². The monoisotopic (exact) mass is 375 g/mol. The highest BCUT2D eigenvalue weighted by molar-refractivity contribution is 6.42. The van der Waals surface area contributed by atoms with Gasteiger partial charge in [-0.1, -0.05) is 29.3 Å². The number of nitrogens with zero attached hydrogens (tertiary/aromatic N) is 2. The molecular weight excluding hydrogens is 361 g/mol. The van der Waals surface area contributed by atoms with Crippen LogP contribution in [0.5, 0.6) is 0 Å². The van der Waals surface area contributed by atoms with Crippen LogP contribution in [-0.2, 0) is 11.3 Å². The van der Waals surface area contributed by atoms with E-state index in [4.69, 9.17) is 23.2 Å². The average molecular weight is 376 g/mol. The number of aromatic nitrogens is 2. The molecule has 128 valence electrons. The van der Waals surface area contributed by atoms with Gasteiger partial charge in [-0.3, -0.25) is 14.6 Å². The summed E-state index contributed by atoms with van der Waals surface area (Å²) in [5.74, 6) is -0.269. The lowest BCUT2D eigenvalue weighted by molar-refractivity contribution is -0.122. The first-order valence-electron chi connectivity index (χ1n) is 7.63. The topological polar surface area (TPSA) is 64.0 Å². The van der Waals surface area contributed by atoms with Gasteiger partial charge in [-0.2, -0.15) is 0 Å². The molecule has 1 N–H and O–H groups in total. The maximum Gasteiger partial charge on any atom is 0.259 e. The van der Waals surface area contributed by atoms with Crippen molar-refractivity contribution in [2.75, 3.05) is 0 Å². The van der Waals surface area contributed by atoms with Gasteiger partial charge in [0, 0.05) is 24.0 Å². The second kappa shape index (κ2) is 7.25. The Kier molecular flexibility index (Phi) is 5.06. The van der Waals surface area contributed by atoms with E-state index in [1.165, 1.54) is 4.57 Å². The second-order valence-corrected chi connectivity index (χ2v) is 6.49. The van der Waals surface area contributed by atoms with E-state index in [0.717, 1.165) is 10.9 Å². The molecule has 0 radical (unpaired) electrons. The number of pyridine rings is 2. The summed E-state index contributed by atoms with van der Waals surface area (Å²) in [5, 5.41) is 5.02. The lowest BCUT2D eigenvalue weighted by atomic mass is 10.1. The number of benzene rings is 1. The van der Waals surface area contributed by atoms with E-state index in [-0.39, 0.29) is 24.1 Å². The van der Waals surface area contributed by atoms with Crippen molar-refractivity contribution in [3.8, 4) is 0 Å². The minimum absolute atomic E-state index is 0.0667. The van der Waals surface area contributed by atoms with Gasteiger partial charge in [-0.15, -0.1) is 0 Å². The predicted molar refractivity (Wildman–Crippen MR) is 99.0 cm³/mol. The molecule has 0 aliphatic rings. The highest BCUT2D eigenvalue weighted by Gasteiger charge is 2.12. The maximum absolute atomic E-state index is 12.4. The van der Waals surface area contributed by atoms with E-state index >= 15 is 0 Å². The predicted octanol–water partition coefficient (Wildman–Crippen LogP) is 3.58. The van der Waals surface area contributed by atoms with Crippen LogP contribution in [0, 0.1) is 0 Å². The Morgan fingerprint density at radius 3 is 2.80 bits per heavy atom. The quantitative estimate of drug-likeness (QED) is 0.757. The van der Waals surface area contributed by atoms with Crippen LogP contribution in [-0.4, -0.2) is 15.5 Å². The van der Waals surface area contributed by atoms with Gasteiger partial charge in [-0.05, 0) is 36.8 Å². The Bertz CT molecular complexity index is 1000. The molecule has 0 aliphatic carbocycles. The van der Waals surface area contributed by atoms with Gasteiger partial charge in [0.1, 0.15) is 6.54 Å². The molecule has 5 nitrogen and oxygen atoms in total. The van der Waals surface area contributed by atoms with Gasteiger partial charge in [0.15, 0.2) is 0 Å². The molecule has 2 aromatic heterocycles. The van der Waals surface area contributed by atoms with E-state index in [1.807, 2.05) is 6.92 Å². The highest BCUT2D eigenvalue weighted by Crippen LogP contribution is 2.25. The van der Waals surface area contributed by atoms with Crippen LogP contribution in [0.2, 0.25) is 10.0 Å². The minimum atomic E-state index is -0.269. The second-order valence-electron chi connectivity index (χ2n) is 5.67. The number of rotatable bonds is 4. The standard InChI is InChI=1S/C18H15Cl2N3O2/c1-11(12-2-3-15(19)16(20)8-12)22-17(24)10-23-7-5-13-9-21-6-4-14(13)18(23)25/h2-9,11H,10H2,1H3,(H,22,24)/t11-/m0/s1. The smallest absolute Gasteiger partial charge is 0.259 e. The molecule has 1 amide bonds. The number of fused-ring (bicyclic) bond motifs is 1. The fourth-order valence-corrected chi connectivity index (χ4v) is 2.86. The van der Waals surface area contributed by atoms with Crippen molar-refractivity contribution < 1.29 is 4.79 Å². The molecule has 0 saturated heterocycles. The molecule has 0 fully saturated rings. The number of hydrogen-bond acceptors (Lipinski definition) is 3. The summed E-state index contributed by atoms with van der Waals surface area (Å²) in [6, 6.07) is 8.34. The molecule has 0 aliphatic heterocycles. The van der Waals surface area contributed by atoms with Gasteiger partial charge >= 0.3 is 0 Å². The normalized spacial score (nSPS) is 12.1. The van der Waals surface area contributed by atoms with Crippen LogP contribution in [0.1, 0.15) is 18.5 Å². The Morgan fingerprint density at radius 2 is 2.04 bits per heavy atom. The molecule has 1 aromatic carbocycles. The Hall–Kier alpha value is -2.37. The summed E-state index contributed by atoms with van der Waals surface area (Å²) in [6.07, 6.45) is 4.77. The Morgan fingerprint density at radius 1 is 1.24 bits per heavy atom. The van der Waals surface area contributed by atoms with Crippen molar-refractivity contribution in [1.29, 1.82) is 0 Å². The zero-order valence-electron chi connectivity index (χ0n) is 13.4. The SMILES string of the molecule is C[C@H](NC(=O)Cn1ccc2cnccc2c1=O)c1ccc(Cl)c(Cl)c1.